The topological polar surface area (TPSA) is 59.0 Å². The molecule has 3 rings (SSSR count). The predicted octanol–water partition coefficient (Wildman–Crippen LogP) is 2.42. The van der Waals surface area contributed by atoms with E-state index >= 15 is 0 Å². The van der Waals surface area contributed by atoms with Crippen LogP contribution in [-0.2, 0) is 11.2 Å². The van der Waals surface area contributed by atoms with E-state index in [4.69, 9.17) is 4.98 Å². The van der Waals surface area contributed by atoms with Crippen LogP contribution in [-0.4, -0.2) is 34.6 Å². The highest BCUT2D eigenvalue weighted by molar-refractivity contribution is 5.81. The van der Waals surface area contributed by atoms with Gasteiger partial charge in [-0.25, -0.2) is 4.98 Å². The van der Waals surface area contributed by atoms with E-state index in [2.05, 4.69) is 35.1 Å². The Morgan fingerprint density at radius 2 is 2.22 bits per heavy atom. The number of carbonyl (C=O) groups is 1. The lowest BCUT2D eigenvalue weighted by atomic mass is 10.0. The third kappa shape index (κ3) is 3.55. The molecule has 23 heavy (non-hydrogen) atoms. The van der Waals surface area contributed by atoms with Gasteiger partial charge in [0.15, 0.2) is 0 Å². The monoisotopic (exact) mass is 314 g/mol. The number of hydrogen-bond acceptors (Lipinski definition) is 3. The number of rotatable bonds is 5. The van der Waals surface area contributed by atoms with Gasteiger partial charge < -0.3 is 15.2 Å². The lowest BCUT2D eigenvalue weighted by molar-refractivity contribution is -0.123. The number of hydrogen-bond donors (Lipinski definition) is 2. The van der Waals surface area contributed by atoms with Gasteiger partial charge in [-0.05, 0) is 45.4 Å². The summed E-state index contributed by atoms with van der Waals surface area (Å²) in [5, 5.41) is 6.34. The maximum Gasteiger partial charge on any atom is 0.237 e. The zero-order valence-corrected chi connectivity index (χ0v) is 14.0. The van der Waals surface area contributed by atoms with Gasteiger partial charge >= 0.3 is 0 Å². The molecule has 2 heterocycles. The lowest BCUT2D eigenvalue weighted by Gasteiger charge is -2.22. The SMILES string of the molecule is CC(C)n1c(CCNC(=O)[C@H]2CCCCN2)nc2ccccc21. The molecule has 1 aromatic heterocycles. The van der Waals surface area contributed by atoms with E-state index in [1.807, 2.05) is 18.2 Å². The van der Waals surface area contributed by atoms with E-state index in [9.17, 15) is 4.79 Å². The predicted molar refractivity (Wildman–Crippen MR) is 92.5 cm³/mol. The van der Waals surface area contributed by atoms with Gasteiger partial charge in [-0.1, -0.05) is 18.6 Å². The van der Waals surface area contributed by atoms with Gasteiger partial charge in [-0.3, -0.25) is 4.79 Å². The second-order valence-corrected chi connectivity index (χ2v) is 6.52. The molecule has 2 N–H and O–H groups in total. The number of fused-ring (bicyclic) bond motifs is 1. The Morgan fingerprint density at radius 3 is 2.96 bits per heavy atom. The fourth-order valence-electron chi connectivity index (χ4n) is 3.34. The summed E-state index contributed by atoms with van der Waals surface area (Å²) in [5.74, 6) is 1.16. The second-order valence-electron chi connectivity index (χ2n) is 6.52. The highest BCUT2D eigenvalue weighted by Crippen LogP contribution is 2.21. The number of amides is 1. The maximum atomic E-state index is 12.2. The number of nitrogens with zero attached hydrogens (tertiary/aromatic N) is 2. The molecule has 0 saturated carbocycles. The van der Waals surface area contributed by atoms with Crippen molar-refractivity contribution in [1.29, 1.82) is 0 Å². The summed E-state index contributed by atoms with van der Waals surface area (Å²) in [7, 11) is 0. The highest BCUT2D eigenvalue weighted by Gasteiger charge is 2.20. The van der Waals surface area contributed by atoms with Crippen LogP contribution in [0.1, 0.15) is 45.0 Å². The molecule has 0 bridgehead atoms. The number of benzene rings is 1. The molecule has 1 saturated heterocycles. The zero-order chi connectivity index (χ0) is 16.2. The first-order chi connectivity index (χ1) is 11.2. The normalized spacial score (nSPS) is 18.5. The van der Waals surface area contributed by atoms with Gasteiger partial charge in [0.05, 0.1) is 17.1 Å². The number of piperidine rings is 1. The number of imidazole rings is 1. The van der Waals surface area contributed by atoms with Crippen molar-refractivity contribution in [2.75, 3.05) is 13.1 Å². The van der Waals surface area contributed by atoms with E-state index in [0.717, 1.165) is 42.7 Å². The van der Waals surface area contributed by atoms with E-state index in [-0.39, 0.29) is 11.9 Å². The van der Waals surface area contributed by atoms with Gasteiger partial charge in [0.25, 0.3) is 0 Å². The van der Waals surface area contributed by atoms with Crippen molar-refractivity contribution in [2.24, 2.45) is 0 Å². The Bertz CT molecular complexity index is 671. The smallest absolute Gasteiger partial charge is 0.237 e. The molecule has 1 atom stereocenters. The first kappa shape index (κ1) is 16.0. The van der Waals surface area contributed by atoms with Gasteiger partial charge in [-0.2, -0.15) is 0 Å². The Hall–Kier alpha value is -1.88. The summed E-state index contributed by atoms with van der Waals surface area (Å²) in [5.41, 5.74) is 2.19. The van der Waals surface area contributed by atoms with Crippen molar-refractivity contribution in [3.63, 3.8) is 0 Å². The largest absolute Gasteiger partial charge is 0.354 e. The van der Waals surface area contributed by atoms with Crippen LogP contribution in [0.4, 0.5) is 0 Å². The minimum Gasteiger partial charge on any atom is -0.354 e. The Labute approximate surface area is 137 Å². The molecule has 5 nitrogen and oxygen atoms in total. The summed E-state index contributed by atoms with van der Waals surface area (Å²) < 4.78 is 2.26. The molecule has 124 valence electrons. The van der Waals surface area contributed by atoms with Crippen molar-refractivity contribution in [2.45, 2.75) is 51.6 Å². The molecule has 2 aromatic rings. The summed E-state index contributed by atoms with van der Waals surface area (Å²) in [6.45, 7) is 5.92. The van der Waals surface area contributed by atoms with Crippen molar-refractivity contribution in [1.82, 2.24) is 20.2 Å². The molecule has 0 spiro atoms. The van der Waals surface area contributed by atoms with Crippen LogP contribution in [0.3, 0.4) is 0 Å². The van der Waals surface area contributed by atoms with Crippen LogP contribution in [0, 0.1) is 0 Å². The van der Waals surface area contributed by atoms with Crippen LogP contribution in [0.5, 0.6) is 0 Å². The molecule has 1 fully saturated rings. The third-order valence-electron chi connectivity index (χ3n) is 4.46. The molecule has 0 aliphatic carbocycles. The van der Waals surface area contributed by atoms with Gasteiger partial charge in [0.1, 0.15) is 5.82 Å². The second kappa shape index (κ2) is 7.13. The number of carbonyl (C=O) groups excluding carboxylic acids is 1. The van der Waals surface area contributed by atoms with E-state index in [1.54, 1.807) is 0 Å². The minimum atomic E-state index is -0.0207. The Balaban J connectivity index is 1.65. The van der Waals surface area contributed by atoms with E-state index in [0.29, 0.717) is 12.6 Å². The van der Waals surface area contributed by atoms with Crippen molar-refractivity contribution in [3.8, 4) is 0 Å². The number of aromatic nitrogens is 2. The molecule has 0 unspecified atom stereocenters. The average molecular weight is 314 g/mol. The van der Waals surface area contributed by atoms with Gasteiger partial charge in [0.2, 0.25) is 5.91 Å². The lowest BCUT2D eigenvalue weighted by Crippen LogP contribution is -2.47. The summed E-state index contributed by atoms with van der Waals surface area (Å²) >= 11 is 0. The zero-order valence-electron chi connectivity index (χ0n) is 14.0. The molecule has 1 aliphatic rings. The molecular formula is C18H26N4O. The minimum absolute atomic E-state index is 0.0207. The van der Waals surface area contributed by atoms with Crippen molar-refractivity contribution in [3.05, 3.63) is 30.1 Å². The first-order valence-electron chi connectivity index (χ1n) is 8.64. The standard InChI is InChI=1S/C18H26N4O/c1-13(2)22-16-9-4-3-7-14(16)21-17(22)10-12-20-18(23)15-8-5-6-11-19-15/h3-4,7,9,13,15,19H,5-6,8,10-12H2,1-2H3,(H,20,23)/t15-/m1/s1. The van der Waals surface area contributed by atoms with Crippen LogP contribution in [0.25, 0.3) is 11.0 Å². The van der Waals surface area contributed by atoms with Crippen molar-refractivity contribution < 1.29 is 4.79 Å². The fraction of sp³-hybridized carbons (Fsp3) is 0.556. The fourth-order valence-corrected chi connectivity index (χ4v) is 3.34. The average Bonchev–Trinajstić information content (AvgIpc) is 2.94. The van der Waals surface area contributed by atoms with Crippen LogP contribution >= 0.6 is 0 Å². The summed E-state index contributed by atoms with van der Waals surface area (Å²) in [6, 6.07) is 8.54. The summed E-state index contributed by atoms with van der Waals surface area (Å²) in [4.78, 5) is 16.9. The first-order valence-corrected chi connectivity index (χ1v) is 8.64. The number of para-hydroxylation sites is 2. The third-order valence-corrected chi connectivity index (χ3v) is 4.46. The summed E-state index contributed by atoms with van der Waals surface area (Å²) in [6.07, 6.45) is 4.00. The van der Waals surface area contributed by atoms with Crippen LogP contribution < -0.4 is 10.6 Å². The molecule has 0 radical (unpaired) electrons. The quantitative estimate of drug-likeness (QED) is 0.891. The van der Waals surface area contributed by atoms with Gasteiger partial charge in [0, 0.05) is 19.0 Å². The molecule has 5 heteroatoms. The van der Waals surface area contributed by atoms with Crippen LogP contribution in [0.15, 0.2) is 24.3 Å². The highest BCUT2D eigenvalue weighted by atomic mass is 16.2. The van der Waals surface area contributed by atoms with Crippen molar-refractivity contribution >= 4 is 16.9 Å². The number of nitrogens with one attached hydrogen (secondary N) is 2. The molecule has 1 aromatic carbocycles. The van der Waals surface area contributed by atoms with Gasteiger partial charge in [-0.15, -0.1) is 0 Å². The molecular weight excluding hydrogens is 288 g/mol. The Morgan fingerprint density at radius 1 is 1.39 bits per heavy atom. The van der Waals surface area contributed by atoms with Crippen LogP contribution in [0.2, 0.25) is 0 Å². The van der Waals surface area contributed by atoms with E-state index in [1.165, 1.54) is 6.42 Å². The maximum absolute atomic E-state index is 12.2. The van der Waals surface area contributed by atoms with E-state index < -0.39 is 0 Å². The Kier molecular flexibility index (Phi) is 4.96. The molecule has 1 aliphatic heterocycles. The molecule has 1 amide bonds.